The molecule has 0 aliphatic carbocycles. The fourth-order valence-corrected chi connectivity index (χ4v) is 1.10. The van der Waals surface area contributed by atoms with Crippen LogP contribution in [-0.4, -0.2) is 0 Å². The number of hydrogen-bond donors (Lipinski definition) is 1. The Morgan fingerprint density at radius 2 is 1.86 bits per heavy atom. The smallest absolute Gasteiger partial charge is 0.0388 e. The lowest BCUT2D eigenvalue weighted by Gasteiger charge is -1.98. The van der Waals surface area contributed by atoms with Crippen molar-refractivity contribution in [3.63, 3.8) is 0 Å². The van der Waals surface area contributed by atoms with E-state index in [2.05, 4.69) is 22.5 Å². The van der Waals surface area contributed by atoms with Gasteiger partial charge >= 0.3 is 0 Å². The molecule has 1 aromatic carbocycles. The molecule has 0 aromatic heterocycles. The Labute approximate surface area is 92.8 Å². The second-order valence-corrected chi connectivity index (χ2v) is 3.66. The predicted octanol–water partition coefficient (Wildman–Crippen LogP) is 3.45. The number of benzene rings is 1. The average Bonchev–Trinajstić information content (AvgIpc) is 2.26. The Morgan fingerprint density at radius 1 is 1.21 bits per heavy atom. The Morgan fingerprint density at radius 3 is 2.43 bits per heavy atom. The third-order valence-electron chi connectivity index (χ3n) is 1.72. The van der Waals surface area contributed by atoms with Crippen LogP contribution in [0.5, 0.6) is 0 Å². The molecule has 14 heavy (non-hydrogen) atoms. The van der Waals surface area contributed by atoms with E-state index < -0.39 is 0 Å². The molecule has 0 spiro atoms. The zero-order valence-corrected chi connectivity index (χ0v) is 9.37. The van der Waals surface area contributed by atoms with Crippen molar-refractivity contribution in [3.05, 3.63) is 65.2 Å². The summed E-state index contributed by atoms with van der Waals surface area (Å²) < 4.78 is 0.913. The zero-order valence-electron chi connectivity index (χ0n) is 7.78. The summed E-state index contributed by atoms with van der Waals surface area (Å²) in [5, 5.41) is 0. The van der Waals surface area contributed by atoms with Crippen LogP contribution in [0.1, 0.15) is 5.56 Å². The van der Waals surface area contributed by atoms with Gasteiger partial charge in [0.1, 0.15) is 0 Å². The van der Waals surface area contributed by atoms with Gasteiger partial charge in [-0.15, -0.1) is 0 Å². The molecule has 72 valence electrons. The van der Waals surface area contributed by atoms with Gasteiger partial charge in [-0.1, -0.05) is 58.9 Å². The summed E-state index contributed by atoms with van der Waals surface area (Å²) in [5.41, 5.74) is 7.62. The molecule has 0 aliphatic heterocycles. The molecule has 2 heteroatoms. The van der Waals surface area contributed by atoms with E-state index in [9.17, 15) is 0 Å². The van der Waals surface area contributed by atoms with Crippen LogP contribution in [0.3, 0.4) is 0 Å². The molecule has 1 rings (SSSR count). The molecule has 2 N–H and O–H groups in total. The standard InChI is InChI=1S/C12H12BrN/c1-2-11(13)8-9-12(14)10-6-4-3-5-7-10/h2-9H,1,14H2/b11-8+,12-9-. The van der Waals surface area contributed by atoms with Crippen LogP contribution in [0.4, 0.5) is 0 Å². The van der Waals surface area contributed by atoms with Crippen LogP contribution in [0.15, 0.2) is 59.6 Å². The first-order valence-corrected chi connectivity index (χ1v) is 5.04. The zero-order chi connectivity index (χ0) is 10.4. The second-order valence-electron chi connectivity index (χ2n) is 2.74. The lowest BCUT2D eigenvalue weighted by molar-refractivity contribution is 1.51. The van der Waals surface area contributed by atoms with Crippen LogP contribution in [0, 0.1) is 0 Å². The molecule has 1 aromatic rings. The molecule has 0 fully saturated rings. The highest BCUT2D eigenvalue weighted by Crippen LogP contribution is 2.10. The summed E-state index contributed by atoms with van der Waals surface area (Å²) in [7, 11) is 0. The maximum absolute atomic E-state index is 5.86. The maximum Gasteiger partial charge on any atom is 0.0388 e. The highest BCUT2D eigenvalue weighted by Gasteiger charge is 1.91. The molecule has 0 atom stereocenters. The summed E-state index contributed by atoms with van der Waals surface area (Å²) in [6.45, 7) is 3.63. The van der Waals surface area contributed by atoms with Crippen LogP contribution in [0.2, 0.25) is 0 Å². The molecular formula is C12H12BrN. The van der Waals surface area contributed by atoms with E-state index in [4.69, 9.17) is 5.73 Å². The molecule has 0 aliphatic rings. The molecule has 0 saturated heterocycles. The van der Waals surface area contributed by atoms with Gasteiger partial charge < -0.3 is 5.73 Å². The maximum atomic E-state index is 5.86. The third-order valence-corrected chi connectivity index (χ3v) is 2.31. The quantitative estimate of drug-likeness (QED) is 0.817. The first kappa shape index (κ1) is 10.8. The van der Waals surface area contributed by atoms with Crippen molar-refractivity contribution in [2.24, 2.45) is 5.73 Å². The van der Waals surface area contributed by atoms with Crippen LogP contribution >= 0.6 is 15.9 Å². The van der Waals surface area contributed by atoms with Gasteiger partial charge in [0.15, 0.2) is 0 Å². The Bertz CT molecular complexity index is 363. The van der Waals surface area contributed by atoms with Crippen molar-refractivity contribution in [1.29, 1.82) is 0 Å². The van der Waals surface area contributed by atoms with Gasteiger partial charge in [-0.25, -0.2) is 0 Å². The minimum absolute atomic E-state index is 0.740. The Balaban J connectivity index is 2.86. The fraction of sp³-hybridized carbons (Fsp3) is 0. The van der Waals surface area contributed by atoms with Crippen molar-refractivity contribution < 1.29 is 0 Å². The summed E-state index contributed by atoms with van der Waals surface area (Å²) in [5.74, 6) is 0. The van der Waals surface area contributed by atoms with E-state index in [1.807, 2.05) is 42.5 Å². The van der Waals surface area contributed by atoms with Gasteiger partial charge in [0.2, 0.25) is 0 Å². The van der Waals surface area contributed by atoms with Gasteiger partial charge in [-0.05, 0) is 17.7 Å². The van der Waals surface area contributed by atoms with Crippen LogP contribution in [0.25, 0.3) is 5.70 Å². The van der Waals surface area contributed by atoms with Gasteiger partial charge in [0, 0.05) is 10.2 Å². The molecule has 0 heterocycles. The molecule has 0 amide bonds. The van der Waals surface area contributed by atoms with Gasteiger partial charge in [-0.2, -0.15) is 0 Å². The van der Waals surface area contributed by atoms with E-state index in [0.29, 0.717) is 0 Å². The number of nitrogens with two attached hydrogens (primary N) is 1. The van der Waals surface area contributed by atoms with Gasteiger partial charge in [0.25, 0.3) is 0 Å². The van der Waals surface area contributed by atoms with Crippen LogP contribution < -0.4 is 5.73 Å². The number of halogens is 1. The van der Waals surface area contributed by atoms with E-state index in [1.54, 1.807) is 6.08 Å². The predicted molar refractivity (Wildman–Crippen MR) is 65.8 cm³/mol. The van der Waals surface area contributed by atoms with Gasteiger partial charge in [0.05, 0.1) is 0 Å². The Hall–Kier alpha value is -1.28. The number of allylic oxidation sites excluding steroid dienone is 4. The summed E-state index contributed by atoms with van der Waals surface area (Å²) in [6, 6.07) is 9.83. The van der Waals surface area contributed by atoms with Crippen molar-refractivity contribution in [2.75, 3.05) is 0 Å². The lowest BCUT2D eigenvalue weighted by Crippen LogP contribution is -1.94. The Kier molecular flexibility index (Phi) is 4.20. The molecular weight excluding hydrogens is 238 g/mol. The first-order valence-electron chi connectivity index (χ1n) is 4.25. The summed E-state index contributed by atoms with van der Waals surface area (Å²) in [6.07, 6.45) is 5.44. The minimum atomic E-state index is 0.740. The first-order chi connectivity index (χ1) is 6.74. The molecule has 1 nitrogen and oxygen atoms in total. The normalized spacial score (nSPS) is 12.6. The van der Waals surface area contributed by atoms with Crippen LogP contribution in [-0.2, 0) is 0 Å². The van der Waals surface area contributed by atoms with Crippen molar-refractivity contribution in [3.8, 4) is 0 Å². The molecule has 0 saturated carbocycles. The van der Waals surface area contributed by atoms with Crippen molar-refractivity contribution in [1.82, 2.24) is 0 Å². The van der Waals surface area contributed by atoms with Crippen molar-refractivity contribution in [2.45, 2.75) is 0 Å². The fourth-order valence-electron chi connectivity index (χ4n) is 0.964. The number of rotatable bonds is 3. The summed E-state index contributed by atoms with van der Waals surface area (Å²) >= 11 is 3.32. The molecule has 0 bridgehead atoms. The van der Waals surface area contributed by atoms with E-state index >= 15 is 0 Å². The number of hydrogen-bond acceptors (Lipinski definition) is 1. The largest absolute Gasteiger partial charge is 0.398 e. The highest BCUT2D eigenvalue weighted by atomic mass is 79.9. The van der Waals surface area contributed by atoms with E-state index in [-0.39, 0.29) is 0 Å². The highest BCUT2D eigenvalue weighted by molar-refractivity contribution is 9.11. The molecule has 0 unspecified atom stereocenters. The summed E-state index contributed by atoms with van der Waals surface area (Å²) in [4.78, 5) is 0. The minimum Gasteiger partial charge on any atom is -0.398 e. The van der Waals surface area contributed by atoms with E-state index in [0.717, 1.165) is 15.7 Å². The SMILES string of the molecule is C=C/C(Br)=C\C=C(/N)c1ccccc1. The lowest BCUT2D eigenvalue weighted by atomic mass is 10.1. The van der Waals surface area contributed by atoms with Crippen molar-refractivity contribution >= 4 is 21.6 Å². The van der Waals surface area contributed by atoms with Gasteiger partial charge in [-0.3, -0.25) is 0 Å². The average molecular weight is 250 g/mol. The third kappa shape index (κ3) is 3.23. The molecule has 0 radical (unpaired) electrons. The monoisotopic (exact) mass is 249 g/mol. The van der Waals surface area contributed by atoms with E-state index in [1.165, 1.54) is 0 Å². The topological polar surface area (TPSA) is 26.0 Å². The second kappa shape index (κ2) is 5.45.